The molecular formula is C44H50Cl2N8O4S2. The maximum absolute atomic E-state index is 13.1. The zero-order chi connectivity index (χ0) is 42.2. The van der Waals surface area contributed by atoms with Crippen LogP contribution in [0.2, 0.25) is 10.0 Å². The molecule has 0 radical (unpaired) electrons. The van der Waals surface area contributed by atoms with Gasteiger partial charge < -0.3 is 41.4 Å². The molecule has 0 spiro atoms. The summed E-state index contributed by atoms with van der Waals surface area (Å²) in [4.78, 5) is 43.5. The molecule has 0 aliphatic carbocycles. The van der Waals surface area contributed by atoms with Crippen LogP contribution in [0.3, 0.4) is 0 Å². The van der Waals surface area contributed by atoms with Crippen molar-refractivity contribution in [3.8, 4) is 22.5 Å². The van der Waals surface area contributed by atoms with E-state index in [2.05, 4.69) is 41.2 Å². The molecule has 8 rings (SSSR count). The molecule has 6 heterocycles. The average Bonchev–Trinajstić information content (AvgIpc) is 4.10. The number of piperidine rings is 2. The molecule has 60 heavy (non-hydrogen) atoms. The molecule has 2 saturated heterocycles. The van der Waals surface area contributed by atoms with E-state index in [1.807, 2.05) is 74.5 Å². The van der Waals surface area contributed by atoms with Gasteiger partial charge in [-0.2, -0.15) is 0 Å². The van der Waals surface area contributed by atoms with Crippen LogP contribution in [0.25, 0.3) is 22.5 Å². The Balaban J connectivity index is 0.000000181. The molecular weight excluding hydrogens is 840 g/mol. The van der Waals surface area contributed by atoms with Crippen molar-refractivity contribution < 1.29 is 19.8 Å². The van der Waals surface area contributed by atoms with E-state index in [-0.39, 0.29) is 49.2 Å². The molecule has 4 atom stereocenters. The first-order chi connectivity index (χ1) is 29.1. The van der Waals surface area contributed by atoms with Crippen LogP contribution >= 0.6 is 45.9 Å². The topological polar surface area (TPSA) is 180 Å². The molecule has 0 saturated carbocycles. The highest BCUT2D eigenvalue weighted by Crippen LogP contribution is 2.32. The third-order valence-corrected chi connectivity index (χ3v) is 13.8. The van der Waals surface area contributed by atoms with Gasteiger partial charge in [0.2, 0.25) is 0 Å². The molecule has 12 nitrogen and oxygen atoms in total. The fourth-order valence-electron chi connectivity index (χ4n) is 7.54. The Morgan fingerprint density at radius 3 is 1.38 bits per heavy atom. The maximum atomic E-state index is 13.1. The highest BCUT2D eigenvalue weighted by Gasteiger charge is 2.31. The summed E-state index contributed by atoms with van der Waals surface area (Å²) in [7, 11) is 0. The molecule has 6 aromatic rings. The molecule has 2 aliphatic heterocycles. The zero-order valence-electron chi connectivity index (χ0n) is 33.5. The largest absolute Gasteiger partial charge is 0.391 e. The number of aliphatic hydroxyl groups excluding tert-OH is 2. The summed E-state index contributed by atoms with van der Waals surface area (Å²) in [5.41, 5.74) is 6.27. The highest BCUT2D eigenvalue weighted by molar-refractivity contribution is 7.12. The van der Waals surface area contributed by atoms with Gasteiger partial charge in [0.05, 0.1) is 46.4 Å². The monoisotopic (exact) mass is 888 g/mol. The van der Waals surface area contributed by atoms with Crippen LogP contribution in [0.5, 0.6) is 0 Å². The van der Waals surface area contributed by atoms with Gasteiger partial charge in [-0.25, -0.2) is 9.97 Å². The maximum Gasteiger partial charge on any atom is 0.268 e. The van der Waals surface area contributed by atoms with Gasteiger partial charge in [-0.05, 0) is 112 Å². The second-order valence-corrected chi connectivity index (χ2v) is 18.1. The molecule has 16 heteroatoms. The molecule has 2 fully saturated rings. The molecule has 4 aromatic heterocycles. The number of carbonyl (C=O) groups is 2. The van der Waals surface area contributed by atoms with Gasteiger partial charge in [-0.1, -0.05) is 60.3 Å². The van der Waals surface area contributed by atoms with Crippen LogP contribution in [-0.2, 0) is 13.2 Å². The number of hydrogen-bond acceptors (Lipinski definition) is 10. The van der Waals surface area contributed by atoms with Crippen molar-refractivity contribution in [2.24, 2.45) is 0 Å². The van der Waals surface area contributed by atoms with E-state index in [0.717, 1.165) is 105 Å². The fourth-order valence-corrected chi connectivity index (χ4v) is 9.88. The molecule has 2 aliphatic rings. The van der Waals surface area contributed by atoms with Crippen LogP contribution in [0.1, 0.15) is 103 Å². The smallest absolute Gasteiger partial charge is 0.268 e. The van der Waals surface area contributed by atoms with Crippen molar-refractivity contribution >= 4 is 57.7 Å². The first kappa shape index (κ1) is 43.7. The van der Waals surface area contributed by atoms with Crippen molar-refractivity contribution in [2.75, 3.05) is 13.1 Å². The number of hydrogen-bond donors (Lipinski definition) is 8. The Morgan fingerprint density at radius 2 is 1.05 bits per heavy atom. The molecule has 8 N–H and O–H groups in total. The summed E-state index contributed by atoms with van der Waals surface area (Å²) >= 11 is 14.9. The number of halogens is 2. The summed E-state index contributed by atoms with van der Waals surface area (Å²) in [6, 6.07) is 22.1. The van der Waals surface area contributed by atoms with Crippen LogP contribution < -0.4 is 21.3 Å². The fraction of sp³-hybridized carbons (Fsp3) is 0.364. The Hall–Kier alpha value is -4.38. The van der Waals surface area contributed by atoms with Gasteiger partial charge in [-0.15, -0.1) is 22.7 Å². The number of H-pyrrole nitrogens is 2. The predicted molar refractivity (Wildman–Crippen MR) is 240 cm³/mol. The third kappa shape index (κ3) is 10.7. The minimum atomic E-state index is -0.246. The molecule has 0 bridgehead atoms. The Kier molecular flexibility index (Phi) is 14.9. The third-order valence-electron chi connectivity index (χ3n) is 10.9. The average molecular weight is 890 g/mol. The van der Waals surface area contributed by atoms with E-state index in [1.165, 1.54) is 22.7 Å². The van der Waals surface area contributed by atoms with Gasteiger partial charge in [0.1, 0.15) is 21.4 Å². The first-order valence-electron chi connectivity index (χ1n) is 20.2. The summed E-state index contributed by atoms with van der Waals surface area (Å²) in [5, 5.41) is 35.5. The van der Waals surface area contributed by atoms with Crippen LogP contribution in [0, 0.1) is 13.8 Å². The number of aryl methyl sites for hydroxylation is 2. The highest BCUT2D eigenvalue weighted by atomic mass is 35.5. The lowest BCUT2D eigenvalue weighted by molar-refractivity contribution is 0.0910. The van der Waals surface area contributed by atoms with Crippen molar-refractivity contribution in [3.63, 3.8) is 0 Å². The van der Waals surface area contributed by atoms with Gasteiger partial charge in [-0.3, -0.25) is 9.59 Å². The van der Waals surface area contributed by atoms with E-state index in [4.69, 9.17) is 23.2 Å². The Labute approximate surface area is 367 Å². The Morgan fingerprint density at radius 1 is 0.650 bits per heavy atom. The second-order valence-electron chi connectivity index (χ2n) is 15.0. The summed E-state index contributed by atoms with van der Waals surface area (Å²) in [6.45, 7) is 5.56. The van der Waals surface area contributed by atoms with E-state index >= 15 is 0 Å². The molecule has 0 unspecified atom stereocenters. The quantitative estimate of drug-likeness (QED) is 0.0603. The van der Waals surface area contributed by atoms with Crippen molar-refractivity contribution in [1.82, 2.24) is 41.2 Å². The predicted octanol–water partition coefficient (Wildman–Crippen LogP) is 8.41. The summed E-state index contributed by atoms with van der Waals surface area (Å²) in [6.07, 6.45) is 6.45. The zero-order valence-corrected chi connectivity index (χ0v) is 36.6. The second kappa shape index (κ2) is 20.5. The van der Waals surface area contributed by atoms with Crippen LogP contribution in [0.15, 0.2) is 72.8 Å². The van der Waals surface area contributed by atoms with Gasteiger partial charge in [0.15, 0.2) is 0 Å². The standard InChI is InChI=1S/2C22H25ClN4O2S/c2*1-13-19(12-28)30-22(25-13)20(17-4-2-3-11-24-17)27-21(29)18-10-9-16(26-18)14-5-7-15(23)8-6-14/h2*5-10,17,20,24,26,28H,2-4,11-12H2,1H3,(H,27,29)/t2*17-,20+/m10/s1. The lowest BCUT2D eigenvalue weighted by atomic mass is 9.98. The number of aromatic amines is 2. The van der Waals surface area contributed by atoms with Crippen molar-refractivity contribution in [2.45, 2.75) is 89.8 Å². The number of nitrogens with zero attached hydrogens (tertiary/aromatic N) is 2. The Bertz CT molecular complexity index is 2180. The number of rotatable bonds is 12. The van der Waals surface area contributed by atoms with Gasteiger partial charge in [0, 0.05) is 33.5 Å². The van der Waals surface area contributed by atoms with Gasteiger partial charge in [0.25, 0.3) is 11.8 Å². The van der Waals surface area contributed by atoms with Crippen LogP contribution in [-0.4, -0.2) is 67.1 Å². The number of aliphatic hydroxyl groups is 2. The van der Waals surface area contributed by atoms with Crippen molar-refractivity contribution in [1.29, 1.82) is 0 Å². The molecule has 2 aromatic carbocycles. The van der Waals surface area contributed by atoms with E-state index in [9.17, 15) is 19.8 Å². The number of carbonyl (C=O) groups excluding carboxylic acids is 2. The van der Waals surface area contributed by atoms with Crippen molar-refractivity contribution in [3.05, 3.63) is 125 Å². The van der Waals surface area contributed by atoms with Gasteiger partial charge >= 0.3 is 0 Å². The van der Waals surface area contributed by atoms with Crippen LogP contribution in [0.4, 0.5) is 0 Å². The van der Waals surface area contributed by atoms with E-state index in [0.29, 0.717) is 21.4 Å². The number of amides is 2. The SMILES string of the molecule is Cc1nc([C@@H](NC(=O)c2ccc(-c3ccc(Cl)cc3)[nH]2)[C@H]2CCCCN2)sc1CO.Cc1nc([C@H](NC(=O)c2ccc(-c3ccc(Cl)cc3)[nH]2)[C@@H]2CCCCN2)sc1CO. The van der Waals surface area contributed by atoms with E-state index < -0.39 is 0 Å². The normalized spacial score (nSPS) is 17.6. The summed E-state index contributed by atoms with van der Waals surface area (Å²) < 4.78 is 0. The van der Waals surface area contributed by atoms with E-state index in [1.54, 1.807) is 12.1 Å². The first-order valence-corrected chi connectivity index (χ1v) is 22.6. The number of thiazole rings is 2. The summed E-state index contributed by atoms with van der Waals surface area (Å²) in [5.74, 6) is -0.350. The molecule has 2 amide bonds. The minimum Gasteiger partial charge on any atom is -0.391 e. The lowest BCUT2D eigenvalue weighted by Gasteiger charge is -2.30. The molecule has 316 valence electrons. The minimum absolute atomic E-state index is 0.0384. The number of benzene rings is 2. The number of aromatic nitrogens is 4. The lowest BCUT2D eigenvalue weighted by Crippen LogP contribution is -2.46. The number of nitrogens with one attached hydrogen (secondary N) is 6.